The number of hydrogen-bond acceptors (Lipinski definition) is 5. The fourth-order valence-corrected chi connectivity index (χ4v) is 5.18. The summed E-state index contributed by atoms with van der Waals surface area (Å²) >= 11 is 1.03. The molecule has 1 atom stereocenters. The zero-order valence-corrected chi connectivity index (χ0v) is 15.3. The van der Waals surface area contributed by atoms with E-state index in [2.05, 4.69) is 0 Å². The Morgan fingerprint density at radius 3 is 2.28 bits per heavy atom. The summed E-state index contributed by atoms with van der Waals surface area (Å²) in [5.74, 6) is -0.187. The number of aliphatic hydroxyl groups is 1. The molecule has 3 rings (SSSR count). The highest BCUT2D eigenvalue weighted by molar-refractivity contribution is 8.04. The molecule has 2 aromatic carbocycles. The number of benzene rings is 2. The number of carbonyl (C=O) groups is 1. The van der Waals surface area contributed by atoms with Gasteiger partial charge in [0.2, 0.25) is 0 Å². The molecule has 1 aliphatic carbocycles. The van der Waals surface area contributed by atoms with E-state index in [1.165, 1.54) is 6.07 Å². The topological polar surface area (TPSA) is 71.4 Å². The molecule has 0 radical (unpaired) electrons. The summed E-state index contributed by atoms with van der Waals surface area (Å²) in [6.45, 7) is 0. The Labute approximate surface area is 151 Å². The van der Waals surface area contributed by atoms with Gasteiger partial charge in [0.15, 0.2) is 15.6 Å². The van der Waals surface area contributed by atoms with Crippen molar-refractivity contribution in [3.05, 3.63) is 70.8 Å². The molecule has 1 aliphatic rings. The first-order chi connectivity index (χ1) is 11.9. The van der Waals surface area contributed by atoms with E-state index in [0.717, 1.165) is 23.6 Å². The van der Waals surface area contributed by atoms with Gasteiger partial charge in [-0.3, -0.25) is 4.79 Å². The lowest BCUT2D eigenvalue weighted by molar-refractivity contribution is -0.115. The molecule has 0 spiro atoms. The molecule has 2 aromatic rings. The summed E-state index contributed by atoms with van der Waals surface area (Å²) < 4.78 is 23.8. The summed E-state index contributed by atoms with van der Waals surface area (Å²) in [5, 5.41) is 10.4. The van der Waals surface area contributed by atoms with Crippen LogP contribution < -0.4 is 0 Å². The van der Waals surface area contributed by atoms with Crippen LogP contribution in [-0.2, 0) is 14.6 Å². The summed E-state index contributed by atoms with van der Waals surface area (Å²) in [5.41, 5.74) is 1.02. The third-order valence-electron chi connectivity index (χ3n) is 4.12. The van der Waals surface area contributed by atoms with Crippen LogP contribution in [0.4, 0.5) is 0 Å². The zero-order chi connectivity index (χ0) is 18.0. The molecule has 0 bridgehead atoms. The fourth-order valence-electron chi connectivity index (χ4n) is 2.90. The molecule has 0 aliphatic heterocycles. The minimum atomic E-state index is -3.41. The van der Waals surface area contributed by atoms with Crippen molar-refractivity contribution in [3.8, 4) is 0 Å². The Bertz CT molecular complexity index is 931. The maximum Gasteiger partial charge on any atom is 0.176 e. The smallest absolute Gasteiger partial charge is 0.176 e. The van der Waals surface area contributed by atoms with Crippen molar-refractivity contribution in [2.45, 2.75) is 28.6 Å². The van der Waals surface area contributed by atoms with Crippen LogP contribution in [0.1, 0.15) is 24.3 Å². The lowest BCUT2D eigenvalue weighted by Gasteiger charge is -2.23. The average Bonchev–Trinajstić information content (AvgIpc) is 2.58. The van der Waals surface area contributed by atoms with Gasteiger partial charge >= 0.3 is 0 Å². The second-order valence-electron chi connectivity index (χ2n) is 6.04. The third-order valence-corrected chi connectivity index (χ3v) is 6.65. The van der Waals surface area contributed by atoms with Crippen molar-refractivity contribution in [1.82, 2.24) is 0 Å². The summed E-state index contributed by atoms with van der Waals surface area (Å²) in [7, 11) is -3.41. The van der Waals surface area contributed by atoms with Crippen LogP contribution in [0.5, 0.6) is 0 Å². The molecule has 0 heterocycles. The van der Waals surface area contributed by atoms with E-state index in [-0.39, 0.29) is 27.3 Å². The Balaban J connectivity index is 1.91. The lowest BCUT2D eigenvalue weighted by Crippen LogP contribution is -2.17. The summed E-state index contributed by atoms with van der Waals surface area (Å²) in [6.07, 6.45) is 1.81. The quantitative estimate of drug-likeness (QED) is 0.872. The molecule has 1 unspecified atom stereocenters. The molecule has 0 fully saturated rings. The van der Waals surface area contributed by atoms with Gasteiger partial charge in [-0.25, -0.2) is 8.42 Å². The monoisotopic (exact) mass is 374 g/mol. The number of aliphatic hydroxyl groups excluding tert-OH is 1. The molecule has 1 N–H and O–H groups in total. The molecule has 0 saturated heterocycles. The number of ketones is 1. The van der Waals surface area contributed by atoms with Crippen molar-refractivity contribution in [2.24, 2.45) is 0 Å². The first-order valence-electron chi connectivity index (χ1n) is 7.83. The molecule has 0 aromatic heterocycles. The van der Waals surface area contributed by atoms with Crippen LogP contribution in [0, 0.1) is 0 Å². The van der Waals surface area contributed by atoms with Crippen LogP contribution in [0.25, 0.3) is 0 Å². The largest absolute Gasteiger partial charge is 0.511 e. The number of allylic oxidation sites excluding steroid dienone is 2. The first kappa shape index (κ1) is 17.8. The van der Waals surface area contributed by atoms with E-state index >= 15 is 0 Å². The predicted octanol–water partition coefficient (Wildman–Crippen LogP) is 4.10. The third kappa shape index (κ3) is 3.96. The molecule has 4 nitrogen and oxygen atoms in total. The highest BCUT2D eigenvalue weighted by atomic mass is 32.2. The van der Waals surface area contributed by atoms with Gasteiger partial charge in [-0.15, -0.1) is 0 Å². The minimum absolute atomic E-state index is 0.0263. The van der Waals surface area contributed by atoms with Gasteiger partial charge in [-0.2, -0.15) is 0 Å². The number of sulfone groups is 1. The zero-order valence-electron chi connectivity index (χ0n) is 13.7. The normalized spacial score (nSPS) is 18.4. The second kappa shape index (κ2) is 7.06. The number of hydrogen-bond donors (Lipinski definition) is 1. The molecule has 0 saturated carbocycles. The van der Waals surface area contributed by atoms with Gasteiger partial charge in [0, 0.05) is 24.0 Å². The van der Waals surface area contributed by atoms with E-state index in [9.17, 15) is 18.3 Å². The molecular weight excluding hydrogens is 356 g/mol. The summed E-state index contributed by atoms with van der Waals surface area (Å²) in [4.78, 5) is 13.4. The van der Waals surface area contributed by atoms with Crippen LogP contribution in [0.15, 0.2) is 75.1 Å². The van der Waals surface area contributed by atoms with Crippen LogP contribution in [-0.4, -0.2) is 25.6 Å². The molecule has 25 heavy (non-hydrogen) atoms. The van der Waals surface area contributed by atoms with Gasteiger partial charge in [-0.1, -0.05) is 54.2 Å². The van der Waals surface area contributed by atoms with E-state index < -0.39 is 9.84 Å². The van der Waals surface area contributed by atoms with Crippen molar-refractivity contribution < 1.29 is 18.3 Å². The fraction of sp³-hybridized carbons (Fsp3) is 0.211. The number of thioether (sulfide) groups is 1. The highest BCUT2D eigenvalue weighted by Crippen LogP contribution is 2.41. The van der Waals surface area contributed by atoms with Gasteiger partial charge in [0.25, 0.3) is 0 Å². The minimum Gasteiger partial charge on any atom is -0.511 e. The SMILES string of the molecule is CS(=O)(=O)c1ccccc1SC1=C(O)CC(c2ccccc2)CC1=O. The predicted molar refractivity (Wildman–Crippen MR) is 98.5 cm³/mol. The second-order valence-corrected chi connectivity index (χ2v) is 9.07. The summed E-state index contributed by atoms with van der Waals surface area (Å²) in [6, 6.07) is 16.1. The van der Waals surface area contributed by atoms with Gasteiger partial charge < -0.3 is 5.11 Å². The van der Waals surface area contributed by atoms with Crippen LogP contribution >= 0.6 is 11.8 Å². The van der Waals surface area contributed by atoms with E-state index in [1.54, 1.807) is 18.2 Å². The maximum atomic E-state index is 12.6. The van der Waals surface area contributed by atoms with E-state index in [1.807, 2.05) is 30.3 Å². The number of carbonyl (C=O) groups excluding carboxylic acids is 1. The van der Waals surface area contributed by atoms with Crippen molar-refractivity contribution >= 4 is 27.4 Å². The molecule has 6 heteroatoms. The van der Waals surface area contributed by atoms with Crippen LogP contribution in [0.3, 0.4) is 0 Å². The average molecular weight is 374 g/mol. The Hall–Kier alpha value is -2.05. The standard InChI is InChI=1S/C19H18O4S2/c1-25(22,23)18-10-6-5-9-17(18)24-19-15(20)11-14(12-16(19)21)13-7-3-2-4-8-13/h2-10,14,20H,11-12H2,1H3. The number of rotatable bonds is 4. The maximum absolute atomic E-state index is 12.6. The van der Waals surface area contributed by atoms with E-state index in [0.29, 0.717) is 17.7 Å². The highest BCUT2D eigenvalue weighted by Gasteiger charge is 2.30. The first-order valence-corrected chi connectivity index (χ1v) is 10.5. The van der Waals surface area contributed by atoms with Crippen molar-refractivity contribution in [1.29, 1.82) is 0 Å². The van der Waals surface area contributed by atoms with Crippen molar-refractivity contribution in [2.75, 3.05) is 6.26 Å². The number of Topliss-reactive ketones (excluding diaryl/α,β-unsaturated/α-hetero) is 1. The van der Waals surface area contributed by atoms with Crippen molar-refractivity contribution in [3.63, 3.8) is 0 Å². The Morgan fingerprint density at radius 2 is 1.64 bits per heavy atom. The molecule has 130 valence electrons. The molecule has 0 amide bonds. The molecular formula is C19H18O4S2. The van der Waals surface area contributed by atoms with Gasteiger partial charge in [0.05, 0.1) is 9.80 Å². The van der Waals surface area contributed by atoms with Gasteiger partial charge in [0.1, 0.15) is 5.76 Å². The van der Waals surface area contributed by atoms with Gasteiger partial charge in [-0.05, 0) is 23.6 Å². The van der Waals surface area contributed by atoms with Crippen LogP contribution in [0.2, 0.25) is 0 Å². The Morgan fingerprint density at radius 1 is 1.00 bits per heavy atom. The Kier molecular flexibility index (Phi) is 5.01. The lowest BCUT2D eigenvalue weighted by atomic mass is 9.86. The van der Waals surface area contributed by atoms with E-state index in [4.69, 9.17) is 0 Å².